The molecule has 13 heteroatoms. The van der Waals surface area contributed by atoms with E-state index in [-0.39, 0.29) is 11.2 Å². The van der Waals surface area contributed by atoms with Crippen molar-refractivity contribution in [2.75, 3.05) is 0 Å². The molecule has 0 radical (unpaired) electrons. The Labute approximate surface area is 817 Å². The Morgan fingerprint density at radius 2 is 0.507 bits per heavy atom. The molecule has 0 heterocycles. The topological polar surface area (TPSA) is 124 Å². The van der Waals surface area contributed by atoms with Gasteiger partial charge in [-0.05, 0) is 224 Å². The minimum atomic E-state index is -1.80. The highest BCUT2D eigenvalue weighted by atomic mass is 79.9. The fourth-order valence-corrected chi connectivity index (χ4v) is 20.6. The second-order valence-corrected chi connectivity index (χ2v) is 35.7. The lowest BCUT2D eigenvalue weighted by molar-refractivity contribution is -0.383. The number of halogens is 4. The second kappa shape index (κ2) is 40.9. The molecule has 0 amide bonds. The molecule has 0 bridgehead atoms. The lowest BCUT2D eigenvalue weighted by Gasteiger charge is -2.15. The molecule has 0 saturated heterocycles. The molecule has 4 N–H and O–H groups in total. The Bertz CT molecular complexity index is 8070. The zero-order chi connectivity index (χ0) is 93.3. The number of para-hydroxylation sites is 1. The van der Waals surface area contributed by atoms with Gasteiger partial charge in [0.25, 0.3) is 5.69 Å². The summed E-state index contributed by atoms with van der Waals surface area (Å²) in [5, 5.41) is 59.3. The number of aryl methyl sites for hydroxylation is 1. The van der Waals surface area contributed by atoms with Gasteiger partial charge in [0.05, 0.1) is 10.4 Å². The van der Waals surface area contributed by atoms with Gasteiger partial charge in [-0.2, -0.15) is 0 Å². The zero-order valence-corrected chi connectivity index (χ0v) is 78.4. The van der Waals surface area contributed by atoms with Crippen molar-refractivity contribution in [1.29, 1.82) is 0 Å². The maximum atomic E-state index is 10.3. The van der Waals surface area contributed by atoms with Gasteiger partial charge in [-0.3, -0.25) is 10.1 Å². The van der Waals surface area contributed by atoms with E-state index in [2.05, 4.69) is 409 Å². The number of benzene rings is 22. The van der Waals surface area contributed by atoms with Crippen LogP contribution in [0.4, 0.5) is 5.69 Å². The van der Waals surface area contributed by atoms with Crippen LogP contribution in [0.1, 0.15) is 5.56 Å². The maximum absolute atomic E-state index is 10.3. The van der Waals surface area contributed by atoms with Gasteiger partial charge in [0.1, 0.15) is 0 Å². The van der Waals surface area contributed by atoms with Crippen LogP contribution in [0.15, 0.2) is 482 Å². The van der Waals surface area contributed by atoms with Crippen molar-refractivity contribution in [3.8, 4) is 145 Å². The molecule has 0 atom stereocenters. The van der Waals surface area contributed by atoms with Gasteiger partial charge < -0.3 is 20.1 Å². The summed E-state index contributed by atoms with van der Waals surface area (Å²) in [5.41, 5.74) is 34.7. The Morgan fingerprint density at radius 1 is 0.228 bits per heavy atom. The number of rotatable bonds is 7. The van der Waals surface area contributed by atoms with Crippen molar-refractivity contribution in [2.24, 2.45) is 0 Å². The first-order valence-corrected chi connectivity index (χ1v) is 47.2. The number of fused-ring (bicyclic) bond motifs is 17. The van der Waals surface area contributed by atoms with E-state index in [0.29, 0.717) is 5.46 Å². The van der Waals surface area contributed by atoms with Crippen LogP contribution in [-0.2, 0) is 0 Å². The molecule has 22 aromatic carbocycles. The number of hydrogen-bond donors (Lipinski definition) is 4. The van der Waals surface area contributed by atoms with Gasteiger partial charge in [0, 0.05) is 41.6 Å². The predicted molar refractivity (Wildman–Crippen MR) is 580 cm³/mol. The molecular formula is C123H85B2Br2Cl2NO6. The molecule has 25 rings (SSSR count). The van der Waals surface area contributed by atoms with Crippen molar-refractivity contribution in [3.05, 3.63) is 508 Å². The Morgan fingerprint density at radius 3 is 0.904 bits per heavy atom. The fourth-order valence-electron chi connectivity index (χ4n) is 19.1. The van der Waals surface area contributed by atoms with E-state index in [1.54, 1.807) is 24.3 Å². The molecule has 7 nitrogen and oxygen atoms in total. The van der Waals surface area contributed by atoms with Gasteiger partial charge in [-0.1, -0.05) is 498 Å². The van der Waals surface area contributed by atoms with E-state index in [0.717, 1.165) is 35.7 Å². The smallest absolute Gasteiger partial charge is 0.423 e. The van der Waals surface area contributed by atoms with E-state index in [9.17, 15) is 10.1 Å². The molecule has 22 aromatic rings. The number of nitro groups is 1. The third kappa shape index (κ3) is 18.3. The summed E-state index contributed by atoms with van der Waals surface area (Å²) in [6.45, 7) is 2.20. The first-order chi connectivity index (χ1) is 66.6. The third-order valence-corrected chi connectivity index (χ3v) is 27.2. The van der Waals surface area contributed by atoms with Gasteiger partial charge in [-0.15, -0.1) is 0 Å². The molecule has 0 spiro atoms. The van der Waals surface area contributed by atoms with Crippen molar-refractivity contribution in [3.63, 3.8) is 0 Å². The lowest BCUT2D eigenvalue weighted by Crippen LogP contribution is -2.31. The molecular weight excluding hydrogens is 1840 g/mol. The Balaban J connectivity index is 0.000000104. The summed E-state index contributed by atoms with van der Waals surface area (Å²) in [4.78, 5) is 9.65. The molecule has 3 aliphatic rings. The van der Waals surface area contributed by atoms with Crippen LogP contribution in [0.3, 0.4) is 0 Å². The van der Waals surface area contributed by atoms with Crippen molar-refractivity contribution < 1.29 is 25.0 Å². The number of nitro benzene ring substituents is 1. The molecule has 0 unspecified atom stereocenters. The van der Waals surface area contributed by atoms with E-state index in [1.165, 1.54) is 212 Å². The predicted octanol–water partition coefficient (Wildman–Crippen LogP) is 32.6. The standard InChI is InChI=1S/C29H20.C22H13Br.C22H15Cl.C22H14.C16H10BrCl.C6H6BNO4.C6H7BO2/c1-19-9-2-3-10-20(19)25-17-18-28-24-14-7-5-12-22(24)21-11-4-6-13-23(21)26-15-8-16-27(25)29(26)28;23-21-13-12-19-17-9-4-2-7-15(17)14-6-1-3-8-16(14)18-10-5-11-20(21)22(18)19;23-21-15-5-4-12-19(21)20-14-7-11-17-10-6-13-18(22(17)20)16-8-2-1-3-9-16;1-3-11-18-16(9-1)17-10-2-4-12-19(17)21-14-6-8-15-7-5-13-20(18)22(15)21;17-14-9-4-6-11-5-3-8-13(16(11)14)12-7-1-2-10-15(12)18;9-7(10)5-3-1-2-4-6(5)8(11)12;8-7(9)6-4-2-1-3-5-6/h2-18H,1H3;1-13H;1-15H;1-14H;1-10H;1-4,9-10H;1-5,8-9H. The molecule has 136 heavy (non-hydrogen) atoms. The number of nitrogens with zero attached hydrogens (tertiary/aromatic N) is 1. The van der Waals surface area contributed by atoms with E-state index in [1.807, 2.05) is 54.6 Å². The highest BCUT2D eigenvalue weighted by molar-refractivity contribution is 9.11. The fraction of sp³-hybridized carbons (Fsp3) is 0.00813. The summed E-state index contributed by atoms with van der Waals surface area (Å²) >= 11 is 20.1. The van der Waals surface area contributed by atoms with Crippen LogP contribution in [0.5, 0.6) is 0 Å². The Kier molecular flexibility index (Phi) is 27.1. The first kappa shape index (κ1) is 90.2. The zero-order valence-electron chi connectivity index (χ0n) is 73.8. The third-order valence-electron chi connectivity index (χ3n) is 25.2. The lowest BCUT2D eigenvalue weighted by atomic mass is 9.79. The molecule has 0 fully saturated rings. The first-order valence-electron chi connectivity index (χ1n) is 44.8. The van der Waals surface area contributed by atoms with Gasteiger partial charge >= 0.3 is 14.2 Å². The monoisotopic (exact) mass is 1920 g/mol. The average Bonchev–Trinajstić information content (AvgIpc) is 1.57. The second-order valence-electron chi connectivity index (χ2n) is 33.2. The molecule has 0 saturated carbocycles. The van der Waals surface area contributed by atoms with Crippen LogP contribution in [0, 0.1) is 17.0 Å². The van der Waals surface area contributed by atoms with Crippen LogP contribution < -0.4 is 10.9 Å². The van der Waals surface area contributed by atoms with Crippen molar-refractivity contribution in [2.45, 2.75) is 6.92 Å². The summed E-state index contributed by atoms with van der Waals surface area (Å²) in [5.74, 6) is 0. The summed E-state index contributed by atoms with van der Waals surface area (Å²) in [6, 6.07) is 163. The SMILES string of the molecule is Brc1ccc2c3c(cccc13)-c1ccccc1-c1ccccc1-2.Cc1ccccc1-c1ccc2c3c(cccc13)-c1ccccc1-c1ccccc1-2.Clc1ccccc1-c1cccc2cccc(-c3ccccc3)c12.Clc1ccccc1-c1cccc2cccc(Br)c12.O=[N+]([O-])c1ccccc1B(O)O.OB(O)c1ccccc1.c1ccc2c(c1)-c1ccccc1-c1cccc3cccc-2c13. The van der Waals surface area contributed by atoms with Gasteiger partial charge in [0.15, 0.2) is 0 Å². The summed E-state index contributed by atoms with van der Waals surface area (Å²) in [6.07, 6.45) is 0. The quantitative estimate of drug-likeness (QED) is 0.0716. The van der Waals surface area contributed by atoms with E-state index < -0.39 is 19.2 Å². The van der Waals surface area contributed by atoms with Gasteiger partial charge in [-0.25, -0.2) is 0 Å². The van der Waals surface area contributed by atoms with Crippen molar-refractivity contribution in [1.82, 2.24) is 0 Å². The molecule has 0 aliphatic heterocycles. The normalized spacial score (nSPS) is 11.0. The van der Waals surface area contributed by atoms with Crippen LogP contribution in [-0.4, -0.2) is 39.3 Å². The highest BCUT2D eigenvalue weighted by Crippen LogP contribution is 2.53. The minimum Gasteiger partial charge on any atom is -0.423 e. The van der Waals surface area contributed by atoms with Crippen LogP contribution in [0.2, 0.25) is 10.0 Å². The summed E-state index contributed by atoms with van der Waals surface area (Å²) in [7, 11) is -3.14. The highest BCUT2D eigenvalue weighted by Gasteiger charge is 2.28. The largest absolute Gasteiger partial charge is 0.495 e. The minimum absolute atomic E-state index is 0.0949. The molecule has 3 aliphatic carbocycles. The van der Waals surface area contributed by atoms with E-state index in [4.69, 9.17) is 43.3 Å². The van der Waals surface area contributed by atoms with Gasteiger partial charge in [0.2, 0.25) is 0 Å². The van der Waals surface area contributed by atoms with Crippen LogP contribution >= 0.6 is 55.1 Å². The average molecular weight is 1930 g/mol. The van der Waals surface area contributed by atoms with E-state index >= 15 is 0 Å². The maximum Gasteiger partial charge on any atom is 0.495 e. The van der Waals surface area contributed by atoms with Crippen LogP contribution in [0.25, 0.3) is 199 Å². The molecule has 652 valence electrons. The van der Waals surface area contributed by atoms with Crippen molar-refractivity contribution >= 4 is 140 Å². The molecule has 0 aromatic heterocycles. The summed E-state index contributed by atoms with van der Waals surface area (Å²) < 4.78 is 2.24. The Hall–Kier alpha value is -15.0. The number of hydrogen-bond acceptors (Lipinski definition) is 6.